The van der Waals surface area contributed by atoms with E-state index in [1.54, 1.807) is 18.3 Å². The summed E-state index contributed by atoms with van der Waals surface area (Å²) in [5, 5.41) is 4.09. The van der Waals surface area contributed by atoms with Crippen LogP contribution >= 0.6 is 11.8 Å². The Morgan fingerprint density at radius 2 is 2.28 bits per heavy atom. The number of fused-ring (bicyclic) bond motifs is 1. The number of amides is 1. The maximum absolute atomic E-state index is 12.5. The average Bonchev–Trinajstić information content (AvgIpc) is 3.30. The number of H-pyrrole nitrogens is 1. The molecule has 4 rings (SSSR count). The van der Waals surface area contributed by atoms with Crippen molar-refractivity contribution in [3.8, 4) is 5.88 Å². The highest BCUT2D eigenvalue weighted by Crippen LogP contribution is 2.22. The molecular formula is C19H19N3O2S. The predicted molar refractivity (Wildman–Crippen MR) is 100 cm³/mol. The van der Waals surface area contributed by atoms with Gasteiger partial charge in [-0.3, -0.25) is 4.79 Å². The molecule has 5 nitrogen and oxygen atoms in total. The molecule has 0 radical (unpaired) electrons. The second kappa shape index (κ2) is 7.19. The number of carbonyl (C=O) groups excluding carboxylic acids is 1. The zero-order valence-corrected chi connectivity index (χ0v) is 14.5. The lowest BCUT2D eigenvalue weighted by atomic mass is 10.1. The first-order valence-electron chi connectivity index (χ1n) is 8.33. The van der Waals surface area contributed by atoms with Crippen LogP contribution in [0.4, 0.5) is 0 Å². The first-order chi connectivity index (χ1) is 12.3. The summed E-state index contributed by atoms with van der Waals surface area (Å²) in [4.78, 5) is 19.9. The van der Waals surface area contributed by atoms with Crippen LogP contribution in [0.2, 0.25) is 0 Å². The highest BCUT2D eigenvalue weighted by molar-refractivity contribution is 7.99. The SMILES string of the molecule is O=C(NCc1c[nH]c2ccccc12)c1ccnc(OC2CCSC2)c1. The van der Waals surface area contributed by atoms with E-state index in [0.29, 0.717) is 18.0 Å². The number of nitrogens with one attached hydrogen (secondary N) is 2. The lowest BCUT2D eigenvalue weighted by molar-refractivity contribution is 0.0950. The molecule has 2 N–H and O–H groups in total. The van der Waals surface area contributed by atoms with Gasteiger partial charge in [0, 0.05) is 47.2 Å². The molecule has 1 unspecified atom stereocenters. The lowest BCUT2D eigenvalue weighted by Gasteiger charge is -2.12. The Balaban J connectivity index is 1.42. The minimum Gasteiger partial charge on any atom is -0.473 e. The van der Waals surface area contributed by atoms with Crippen LogP contribution in [-0.2, 0) is 6.54 Å². The zero-order valence-electron chi connectivity index (χ0n) is 13.7. The molecule has 0 bridgehead atoms. The molecule has 1 aliphatic heterocycles. The van der Waals surface area contributed by atoms with Gasteiger partial charge in [-0.2, -0.15) is 11.8 Å². The van der Waals surface area contributed by atoms with Crippen LogP contribution in [0.3, 0.4) is 0 Å². The number of hydrogen-bond acceptors (Lipinski definition) is 4. The van der Waals surface area contributed by atoms with Crippen molar-refractivity contribution in [3.63, 3.8) is 0 Å². The number of para-hydroxylation sites is 1. The Morgan fingerprint density at radius 1 is 1.36 bits per heavy atom. The number of aromatic nitrogens is 2. The van der Waals surface area contributed by atoms with Crippen molar-refractivity contribution in [2.45, 2.75) is 19.1 Å². The Bertz CT molecular complexity index is 887. The molecule has 1 fully saturated rings. The van der Waals surface area contributed by atoms with Gasteiger partial charge in [0.15, 0.2) is 0 Å². The molecular weight excluding hydrogens is 334 g/mol. The number of ether oxygens (including phenoxy) is 1. The molecule has 0 spiro atoms. The fourth-order valence-electron chi connectivity index (χ4n) is 2.95. The minimum absolute atomic E-state index is 0.127. The molecule has 0 saturated carbocycles. The second-order valence-corrected chi connectivity index (χ2v) is 7.18. The monoisotopic (exact) mass is 353 g/mol. The number of aromatic amines is 1. The van der Waals surface area contributed by atoms with Crippen molar-refractivity contribution in [2.24, 2.45) is 0 Å². The average molecular weight is 353 g/mol. The largest absolute Gasteiger partial charge is 0.473 e. The standard InChI is InChI=1S/C19H19N3O2S/c23-19(22-11-14-10-21-17-4-2-1-3-16(14)17)13-5-7-20-18(9-13)24-15-6-8-25-12-15/h1-5,7,9-10,15,21H,6,8,11-12H2,(H,22,23). The summed E-state index contributed by atoms with van der Waals surface area (Å²) in [7, 11) is 0. The van der Waals surface area contributed by atoms with E-state index in [2.05, 4.69) is 15.3 Å². The Labute approximate surface area is 150 Å². The Morgan fingerprint density at radius 3 is 3.16 bits per heavy atom. The van der Waals surface area contributed by atoms with Gasteiger partial charge in [-0.25, -0.2) is 4.98 Å². The first-order valence-corrected chi connectivity index (χ1v) is 9.49. The molecule has 25 heavy (non-hydrogen) atoms. The highest BCUT2D eigenvalue weighted by Gasteiger charge is 2.18. The third kappa shape index (κ3) is 3.64. The van der Waals surface area contributed by atoms with Crippen molar-refractivity contribution in [2.75, 3.05) is 11.5 Å². The molecule has 1 saturated heterocycles. The Kier molecular flexibility index (Phi) is 4.61. The number of hydrogen-bond donors (Lipinski definition) is 2. The summed E-state index contributed by atoms with van der Waals surface area (Å²) in [5.41, 5.74) is 2.70. The molecule has 3 heterocycles. The van der Waals surface area contributed by atoms with Crippen molar-refractivity contribution >= 4 is 28.6 Å². The van der Waals surface area contributed by atoms with Crippen LogP contribution in [0.15, 0.2) is 48.8 Å². The van der Waals surface area contributed by atoms with Gasteiger partial charge in [0.1, 0.15) is 6.10 Å². The fourth-order valence-corrected chi connectivity index (χ4v) is 4.04. The van der Waals surface area contributed by atoms with Gasteiger partial charge in [-0.15, -0.1) is 0 Å². The molecule has 1 amide bonds. The molecule has 3 aromatic rings. The van der Waals surface area contributed by atoms with Crippen molar-refractivity contribution < 1.29 is 9.53 Å². The topological polar surface area (TPSA) is 67.0 Å². The number of nitrogens with zero attached hydrogens (tertiary/aromatic N) is 1. The molecule has 128 valence electrons. The summed E-state index contributed by atoms with van der Waals surface area (Å²) in [5.74, 6) is 2.50. The molecule has 1 aliphatic rings. The molecule has 1 aromatic carbocycles. The van der Waals surface area contributed by atoms with Crippen molar-refractivity contribution in [1.82, 2.24) is 15.3 Å². The number of thioether (sulfide) groups is 1. The number of benzene rings is 1. The van der Waals surface area contributed by atoms with E-state index in [-0.39, 0.29) is 12.0 Å². The van der Waals surface area contributed by atoms with Crippen molar-refractivity contribution in [3.05, 3.63) is 59.9 Å². The van der Waals surface area contributed by atoms with Crippen LogP contribution in [0.1, 0.15) is 22.3 Å². The third-order valence-corrected chi connectivity index (χ3v) is 5.42. The highest BCUT2D eigenvalue weighted by atomic mass is 32.2. The second-order valence-electron chi connectivity index (χ2n) is 6.03. The summed E-state index contributed by atoms with van der Waals surface area (Å²) >= 11 is 1.88. The number of rotatable bonds is 5. The maximum atomic E-state index is 12.5. The van der Waals surface area contributed by atoms with Crippen molar-refractivity contribution in [1.29, 1.82) is 0 Å². The lowest BCUT2D eigenvalue weighted by Crippen LogP contribution is -2.23. The van der Waals surface area contributed by atoms with Gasteiger partial charge < -0.3 is 15.0 Å². The minimum atomic E-state index is -0.127. The van der Waals surface area contributed by atoms with Crippen LogP contribution < -0.4 is 10.1 Å². The van der Waals surface area contributed by atoms with E-state index in [1.807, 2.05) is 42.2 Å². The van der Waals surface area contributed by atoms with E-state index < -0.39 is 0 Å². The number of carbonyl (C=O) groups is 1. The maximum Gasteiger partial charge on any atom is 0.251 e. The molecule has 6 heteroatoms. The first kappa shape index (κ1) is 16.0. The van der Waals surface area contributed by atoms with Gasteiger partial charge in [0.25, 0.3) is 5.91 Å². The van der Waals surface area contributed by atoms with Gasteiger partial charge in [-0.1, -0.05) is 18.2 Å². The van der Waals surface area contributed by atoms with E-state index in [0.717, 1.165) is 34.4 Å². The van der Waals surface area contributed by atoms with Crippen LogP contribution in [0.5, 0.6) is 5.88 Å². The van der Waals surface area contributed by atoms with E-state index in [4.69, 9.17) is 4.74 Å². The summed E-state index contributed by atoms with van der Waals surface area (Å²) in [6, 6.07) is 11.5. The quantitative estimate of drug-likeness (QED) is 0.738. The zero-order chi connectivity index (χ0) is 17.1. The smallest absolute Gasteiger partial charge is 0.251 e. The normalized spacial score (nSPS) is 16.9. The van der Waals surface area contributed by atoms with E-state index in [9.17, 15) is 4.79 Å². The molecule has 1 atom stereocenters. The van der Waals surface area contributed by atoms with Gasteiger partial charge in [-0.05, 0) is 29.9 Å². The predicted octanol–water partition coefficient (Wildman–Crippen LogP) is 3.38. The van der Waals surface area contributed by atoms with Crippen LogP contribution in [0, 0.1) is 0 Å². The Hall–Kier alpha value is -2.47. The number of pyridine rings is 1. The van der Waals surface area contributed by atoms with Gasteiger partial charge in [0.05, 0.1) is 0 Å². The van der Waals surface area contributed by atoms with Gasteiger partial charge in [0.2, 0.25) is 5.88 Å². The van der Waals surface area contributed by atoms with Gasteiger partial charge >= 0.3 is 0 Å². The summed E-state index contributed by atoms with van der Waals surface area (Å²) in [6.45, 7) is 0.473. The fraction of sp³-hybridized carbons (Fsp3) is 0.263. The third-order valence-electron chi connectivity index (χ3n) is 4.29. The summed E-state index contributed by atoms with van der Waals surface area (Å²) in [6.07, 6.45) is 4.78. The van der Waals surface area contributed by atoms with E-state index >= 15 is 0 Å². The van der Waals surface area contributed by atoms with Crippen LogP contribution in [0.25, 0.3) is 10.9 Å². The van der Waals surface area contributed by atoms with Crippen LogP contribution in [-0.4, -0.2) is 33.5 Å². The molecule has 0 aliphatic carbocycles. The molecule has 2 aromatic heterocycles. The van der Waals surface area contributed by atoms with E-state index in [1.165, 1.54) is 0 Å². The summed E-state index contributed by atoms with van der Waals surface area (Å²) < 4.78 is 5.86.